The van der Waals surface area contributed by atoms with Crippen molar-refractivity contribution in [1.29, 1.82) is 0 Å². The van der Waals surface area contributed by atoms with Crippen molar-refractivity contribution in [2.45, 2.75) is 19.6 Å². The van der Waals surface area contributed by atoms with Crippen molar-refractivity contribution in [3.63, 3.8) is 0 Å². The zero-order valence-electron chi connectivity index (χ0n) is 16.6. The number of aliphatic hydroxyl groups is 1. The van der Waals surface area contributed by atoms with Gasteiger partial charge in [0.15, 0.2) is 11.5 Å². The van der Waals surface area contributed by atoms with Crippen LogP contribution < -0.4 is 14.2 Å². The number of aryl methyl sites for hydroxylation is 1. The van der Waals surface area contributed by atoms with Crippen LogP contribution in [0.15, 0.2) is 36.4 Å². The topological polar surface area (TPSA) is 54.4 Å². The van der Waals surface area contributed by atoms with Gasteiger partial charge in [-0.3, -0.25) is 9.80 Å². The van der Waals surface area contributed by atoms with Crippen molar-refractivity contribution in [2.24, 2.45) is 0 Å². The van der Waals surface area contributed by atoms with Gasteiger partial charge in [-0.05, 0) is 48.4 Å². The van der Waals surface area contributed by atoms with E-state index in [1.165, 1.54) is 5.56 Å². The molecule has 0 aliphatic carbocycles. The van der Waals surface area contributed by atoms with Crippen LogP contribution in [0.1, 0.15) is 11.1 Å². The van der Waals surface area contributed by atoms with Gasteiger partial charge in [0.05, 0.1) is 0 Å². The highest BCUT2D eigenvalue weighted by atomic mass is 35.5. The van der Waals surface area contributed by atoms with E-state index in [9.17, 15) is 5.11 Å². The summed E-state index contributed by atoms with van der Waals surface area (Å²) in [7, 11) is 0. The second-order valence-electron chi connectivity index (χ2n) is 7.64. The number of halogens is 1. The van der Waals surface area contributed by atoms with Gasteiger partial charge >= 0.3 is 0 Å². The van der Waals surface area contributed by atoms with Gasteiger partial charge in [-0.25, -0.2) is 0 Å². The maximum atomic E-state index is 10.4. The van der Waals surface area contributed by atoms with Crippen LogP contribution in [-0.4, -0.2) is 67.1 Å². The number of β-amino-alcohol motifs (C(OH)–C–C–N with tert-alkyl or cyclic N) is 1. The van der Waals surface area contributed by atoms with Crippen LogP contribution in [0.25, 0.3) is 0 Å². The van der Waals surface area contributed by atoms with E-state index in [-0.39, 0.29) is 6.61 Å². The second kappa shape index (κ2) is 9.22. The van der Waals surface area contributed by atoms with Gasteiger partial charge in [-0.1, -0.05) is 17.7 Å². The Morgan fingerprint density at radius 1 is 1.03 bits per heavy atom. The molecular formula is C22H27ClN2O4. The summed E-state index contributed by atoms with van der Waals surface area (Å²) in [6.07, 6.45) is -0.523. The number of rotatable bonds is 7. The smallest absolute Gasteiger partial charge is 0.231 e. The maximum Gasteiger partial charge on any atom is 0.231 e. The lowest BCUT2D eigenvalue weighted by molar-refractivity contribution is 0.0445. The molecule has 2 aromatic rings. The summed E-state index contributed by atoms with van der Waals surface area (Å²) in [4.78, 5) is 4.72. The molecule has 0 spiro atoms. The summed E-state index contributed by atoms with van der Waals surface area (Å²) in [5.41, 5.74) is 2.20. The normalized spacial score (nSPS) is 18.0. The molecule has 2 aliphatic rings. The third-order valence-electron chi connectivity index (χ3n) is 5.35. The molecule has 2 aromatic carbocycles. The van der Waals surface area contributed by atoms with E-state index in [0.717, 1.165) is 55.5 Å². The van der Waals surface area contributed by atoms with Gasteiger partial charge in [0.2, 0.25) is 6.79 Å². The number of hydrogen-bond acceptors (Lipinski definition) is 6. The number of hydrogen-bond donors (Lipinski definition) is 1. The van der Waals surface area contributed by atoms with Gasteiger partial charge in [0.25, 0.3) is 0 Å². The molecule has 2 aliphatic heterocycles. The Balaban J connectivity index is 1.19. The predicted octanol–water partition coefficient (Wildman–Crippen LogP) is 2.93. The molecule has 1 saturated heterocycles. The third kappa shape index (κ3) is 5.34. The monoisotopic (exact) mass is 418 g/mol. The van der Waals surface area contributed by atoms with Gasteiger partial charge in [-0.15, -0.1) is 0 Å². The summed E-state index contributed by atoms with van der Waals surface area (Å²) in [5.74, 6) is 2.42. The van der Waals surface area contributed by atoms with Gasteiger partial charge in [0, 0.05) is 44.3 Å². The largest absolute Gasteiger partial charge is 0.491 e. The fraction of sp³-hybridized carbons (Fsp3) is 0.455. The molecule has 1 N–H and O–H groups in total. The van der Waals surface area contributed by atoms with E-state index >= 15 is 0 Å². The third-order valence-corrected chi connectivity index (χ3v) is 5.58. The van der Waals surface area contributed by atoms with Crippen molar-refractivity contribution >= 4 is 11.6 Å². The lowest BCUT2D eigenvalue weighted by Crippen LogP contribution is -2.48. The Morgan fingerprint density at radius 3 is 2.59 bits per heavy atom. The van der Waals surface area contributed by atoms with Gasteiger partial charge in [0.1, 0.15) is 18.5 Å². The summed E-state index contributed by atoms with van der Waals surface area (Å²) < 4.78 is 16.6. The number of benzene rings is 2. The zero-order valence-corrected chi connectivity index (χ0v) is 17.4. The summed E-state index contributed by atoms with van der Waals surface area (Å²) in [5, 5.41) is 11.1. The van der Waals surface area contributed by atoms with Crippen LogP contribution in [0.3, 0.4) is 0 Å². The number of nitrogens with zero attached hydrogens (tertiary/aromatic N) is 2. The first-order valence-electron chi connectivity index (χ1n) is 9.97. The lowest BCUT2D eigenvalue weighted by Gasteiger charge is -2.35. The second-order valence-corrected chi connectivity index (χ2v) is 8.08. The minimum Gasteiger partial charge on any atom is -0.491 e. The van der Waals surface area contributed by atoms with Crippen molar-refractivity contribution in [1.82, 2.24) is 9.80 Å². The van der Waals surface area contributed by atoms with Crippen LogP contribution in [-0.2, 0) is 6.54 Å². The quantitative estimate of drug-likeness (QED) is 0.746. The molecular weight excluding hydrogens is 392 g/mol. The molecule has 1 fully saturated rings. The van der Waals surface area contributed by atoms with E-state index in [1.54, 1.807) is 6.07 Å². The van der Waals surface area contributed by atoms with Crippen LogP contribution in [0.4, 0.5) is 0 Å². The van der Waals surface area contributed by atoms with E-state index < -0.39 is 6.10 Å². The van der Waals surface area contributed by atoms with Crippen molar-refractivity contribution in [3.05, 3.63) is 52.5 Å². The number of fused-ring (bicyclic) bond motifs is 1. The Labute approximate surface area is 176 Å². The van der Waals surface area contributed by atoms with E-state index in [4.69, 9.17) is 25.8 Å². The van der Waals surface area contributed by atoms with E-state index in [1.807, 2.05) is 25.1 Å². The van der Waals surface area contributed by atoms with Gasteiger partial charge < -0.3 is 19.3 Å². The number of aliphatic hydroxyl groups excluding tert-OH is 1. The van der Waals surface area contributed by atoms with Crippen LogP contribution >= 0.6 is 11.6 Å². The highest BCUT2D eigenvalue weighted by Crippen LogP contribution is 2.32. The molecule has 2 heterocycles. The van der Waals surface area contributed by atoms with Crippen molar-refractivity contribution in [2.75, 3.05) is 46.1 Å². The van der Waals surface area contributed by atoms with Crippen LogP contribution in [0.5, 0.6) is 17.2 Å². The lowest BCUT2D eigenvalue weighted by atomic mass is 10.1. The number of ether oxygens (including phenoxy) is 3. The predicted molar refractivity (Wildman–Crippen MR) is 112 cm³/mol. The molecule has 156 valence electrons. The molecule has 0 bridgehead atoms. The molecule has 6 nitrogen and oxygen atoms in total. The van der Waals surface area contributed by atoms with Crippen LogP contribution in [0, 0.1) is 6.92 Å². The highest BCUT2D eigenvalue weighted by molar-refractivity contribution is 6.30. The fourth-order valence-electron chi connectivity index (χ4n) is 3.74. The SMILES string of the molecule is Cc1cc(Cl)ccc1OC[C@@H](O)CN1CCN(Cc2ccc3c(c2)OCO3)CC1. The molecule has 0 radical (unpaired) electrons. The Bertz CT molecular complexity index is 840. The standard InChI is InChI=1S/C22H27ClN2O4/c1-16-10-18(23)3-5-20(16)27-14-19(26)13-25-8-6-24(7-9-25)12-17-2-4-21-22(11-17)29-15-28-21/h2-5,10-11,19,26H,6-9,12-15H2,1H3/t19-/m0/s1. The summed E-state index contributed by atoms with van der Waals surface area (Å²) in [6, 6.07) is 11.7. The fourth-order valence-corrected chi connectivity index (χ4v) is 3.97. The maximum absolute atomic E-state index is 10.4. The Kier molecular flexibility index (Phi) is 6.45. The Hall–Kier alpha value is -1.99. The minimum absolute atomic E-state index is 0.278. The minimum atomic E-state index is -0.523. The van der Waals surface area contributed by atoms with Crippen LogP contribution in [0.2, 0.25) is 5.02 Å². The van der Waals surface area contributed by atoms with Crippen molar-refractivity contribution in [3.8, 4) is 17.2 Å². The molecule has 0 unspecified atom stereocenters. The summed E-state index contributed by atoms with van der Waals surface area (Å²) >= 11 is 5.97. The van der Waals surface area contributed by atoms with E-state index in [0.29, 0.717) is 18.4 Å². The first-order valence-corrected chi connectivity index (χ1v) is 10.3. The molecule has 0 saturated carbocycles. The Morgan fingerprint density at radius 2 is 1.79 bits per heavy atom. The van der Waals surface area contributed by atoms with Gasteiger partial charge in [-0.2, -0.15) is 0 Å². The molecule has 0 aromatic heterocycles. The highest BCUT2D eigenvalue weighted by Gasteiger charge is 2.21. The molecule has 7 heteroatoms. The first kappa shape index (κ1) is 20.3. The molecule has 29 heavy (non-hydrogen) atoms. The average molecular weight is 419 g/mol. The molecule has 4 rings (SSSR count). The first-order chi connectivity index (χ1) is 14.1. The van der Waals surface area contributed by atoms with E-state index in [2.05, 4.69) is 21.9 Å². The summed E-state index contributed by atoms with van der Waals surface area (Å²) in [6.45, 7) is 7.85. The average Bonchev–Trinajstić information content (AvgIpc) is 3.17. The van der Waals surface area contributed by atoms with Crippen molar-refractivity contribution < 1.29 is 19.3 Å². The zero-order chi connectivity index (χ0) is 20.2. The molecule has 1 atom stereocenters. The molecule has 0 amide bonds. The number of piperazine rings is 1.